The summed E-state index contributed by atoms with van der Waals surface area (Å²) < 4.78 is 51.6. The number of carbonyl (C=O) groups is 1. The van der Waals surface area contributed by atoms with Gasteiger partial charge in [-0.1, -0.05) is 0 Å². The highest BCUT2D eigenvalue weighted by atomic mass is 19.4. The first-order chi connectivity index (χ1) is 16.4. The molecule has 5 nitrogen and oxygen atoms in total. The summed E-state index contributed by atoms with van der Waals surface area (Å²) in [6, 6.07) is 9.74. The van der Waals surface area contributed by atoms with E-state index >= 15 is 0 Å². The van der Waals surface area contributed by atoms with Crippen molar-refractivity contribution in [2.45, 2.75) is 57.8 Å². The van der Waals surface area contributed by atoms with Gasteiger partial charge in [0.25, 0.3) is 0 Å². The predicted molar refractivity (Wildman–Crippen MR) is 130 cm³/mol. The summed E-state index contributed by atoms with van der Waals surface area (Å²) in [4.78, 5) is 18.8. The van der Waals surface area contributed by atoms with Gasteiger partial charge in [0.15, 0.2) is 17.3 Å². The smallest absolute Gasteiger partial charge is 0.393 e. The van der Waals surface area contributed by atoms with E-state index in [0.717, 1.165) is 19.4 Å². The number of halogens is 3. The number of nitrogens with zero attached hydrogens (tertiary/aromatic N) is 1. The standard InChI is InChI=1S/C27H31F3N2O3/c1-26(2,3)32-12-6-7-21(32)25(33)17-8-10-20-18(13-17)19(15-27(28,29)30)24(31-20)16-9-11-22(34-4)23(14-16)35-5/h8-11,13-14,21,31H,6-7,12,15H2,1-5H3. The molecule has 1 aromatic heterocycles. The highest BCUT2D eigenvalue weighted by Gasteiger charge is 2.38. The molecule has 4 rings (SSSR count). The summed E-state index contributed by atoms with van der Waals surface area (Å²) in [5.41, 5.74) is 1.80. The van der Waals surface area contributed by atoms with Gasteiger partial charge in [0, 0.05) is 27.6 Å². The van der Waals surface area contributed by atoms with Crippen LogP contribution in [-0.2, 0) is 6.42 Å². The highest BCUT2D eigenvalue weighted by Crippen LogP contribution is 2.39. The number of hydrogen-bond donors (Lipinski definition) is 1. The van der Waals surface area contributed by atoms with Crippen molar-refractivity contribution < 1.29 is 27.4 Å². The monoisotopic (exact) mass is 488 g/mol. The Morgan fingerprint density at radius 3 is 2.40 bits per heavy atom. The second-order valence-corrected chi connectivity index (χ2v) is 9.99. The lowest BCUT2D eigenvalue weighted by molar-refractivity contribution is -0.126. The van der Waals surface area contributed by atoms with E-state index < -0.39 is 12.6 Å². The lowest BCUT2D eigenvalue weighted by Crippen LogP contribution is -2.47. The third kappa shape index (κ3) is 5.03. The van der Waals surface area contributed by atoms with Gasteiger partial charge in [-0.2, -0.15) is 13.2 Å². The van der Waals surface area contributed by atoms with E-state index in [0.29, 0.717) is 39.2 Å². The second kappa shape index (κ2) is 9.22. The molecule has 1 saturated heterocycles. The third-order valence-corrected chi connectivity index (χ3v) is 6.66. The maximum Gasteiger partial charge on any atom is 0.393 e. The molecular formula is C27H31F3N2O3. The van der Waals surface area contributed by atoms with E-state index in [4.69, 9.17) is 9.47 Å². The van der Waals surface area contributed by atoms with Gasteiger partial charge >= 0.3 is 6.18 Å². The summed E-state index contributed by atoms with van der Waals surface area (Å²) in [6.45, 7) is 7.05. The molecule has 1 aliphatic rings. The van der Waals surface area contributed by atoms with Crippen LogP contribution < -0.4 is 9.47 Å². The summed E-state index contributed by atoms with van der Waals surface area (Å²) in [5.74, 6) is 0.852. The number of aromatic nitrogens is 1. The molecule has 1 atom stereocenters. The number of likely N-dealkylation sites (tertiary alicyclic amines) is 1. The van der Waals surface area contributed by atoms with Crippen LogP contribution in [0, 0.1) is 0 Å². The van der Waals surface area contributed by atoms with Crippen LogP contribution in [0.3, 0.4) is 0 Å². The minimum Gasteiger partial charge on any atom is -0.493 e. The van der Waals surface area contributed by atoms with Gasteiger partial charge < -0.3 is 14.5 Å². The summed E-state index contributed by atoms with van der Waals surface area (Å²) in [7, 11) is 2.98. The maximum atomic E-state index is 13.7. The van der Waals surface area contributed by atoms with Crippen molar-refractivity contribution in [2.75, 3.05) is 20.8 Å². The van der Waals surface area contributed by atoms with Gasteiger partial charge in [0.05, 0.1) is 32.4 Å². The molecule has 0 aliphatic carbocycles. The van der Waals surface area contributed by atoms with Crippen LogP contribution >= 0.6 is 0 Å². The number of carbonyl (C=O) groups excluding carboxylic acids is 1. The fourth-order valence-electron chi connectivity index (χ4n) is 5.06. The van der Waals surface area contributed by atoms with E-state index in [-0.39, 0.29) is 22.9 Å². The van der Waals surface area contributed by atoms with Crippen molar-refractivity contribution in [3.05, 3.63) is 47.5 Å². The quantitative estimate of drug-likeness (QED) is 0.408. The zero-order valence-corrected chi connectivity index (χ0v) is 20.7. The fourth-order valence-corrected chi connectivity index (χ4v) is 5.06. The zero-order valence-electron chi connectivity index (χ0n) is 20.7. The molecule has 2 aromatic carbocycles. The number of aromatic amines is 1. The Kier molecular flexibility index (Phi) is 6.62. The Bertz CT molecular complexity index is 1240. The molecule has 3 aromatic rings. The Balaban J connectivity index is 1.82. The molecule has 1 unspecified atom stereocenters. The van der Waals surface area contributed by atoms with E-state index in [1.54, 1.807) is 36.4 Å². The largest absolute Gasteiger partial charge is 0.493 e. The van der Waals surface area contributed by atoms with Crippen LogP contribution in [0.1, 0.15) is 49.5 Å². The lowest BCUT2D eigenvalue weighted by Gasteiger charge is -2.36. The van der Waals surface area contributed by atoms with Gasteiger partial charge in [-0.05, 0) is 82.1 Å². The van der Waals surface area contributed by atoms with Gasteiger partial charge in [-0.25, -0.2) is 0 Å². The SMILES string of the molecule is COc1ccc(-c2[nH]c3ccc(C(=O)C4CCCN4C(C)(C)C)cc3c2CC(F)(F)F)cc1OC. The van der Waals surface area contributed by atoms with Crippen molar-refractivity contribution in [3.63, 3.8) is 0 Å². The first kappa shape index (κ1) is 25.1. The molecule has 188 valence electrons. The van der Waals surface area contributed by atoms with Gasteiger partial charge in [0.2, 0.25) is 0 Å². The summed E-state index contributed by atoms with van der Waals surface area (Å²) >= 11 is 0. The van der Waals surface area contributed by atoms with E-state index in [1.165, 1.54) is 14.2 Å². The van der Waals surface area contributed by atoms with Crippen LogP contribution in [0.25, 0.3) is 22.2 Å². The number of benzene rings is 2. The first-order valence-electron chi connectivity index (χ1n) is 11.7. The Labute approximate surface area is 203 Å². The fraction of sp³-hybridized carbons (Fsp3) is 0.444. The molecule has 1 aliphatic heterocycles. The topological polar surface area (TPSA) is 54.6 Å². The van der Waals surface area contributed by atoms with Crippen LogP contribution in [0.4, 0.5) is 13.2 Å². The predicted octanol–water partition coefficient (Wildman–Crippen LogP) is 6.40. The Morgan fingerprint density at radius 2 is 1.77 bits per heavy atom. The van der Waals surface area contributed by atoms with Crippen LogP contribution in [0.15, 0.2) is 36.4 Å². The number of fused-ring (bicyclic) bond motifs is 1. The number of nitrogens with one attached hydrogen (secondary N) is 1. The van der Waals surface area contributed by atoms with E-state index in [1.807, 2.05) is 0 Å². The number of methoxy groups -OCH3 is 2. The van der Waals surface area contributed by atoms with Crippen molar-refractivity contribution in [1.29, 1.82) is 0 Å². The highest BCUT2D eigenvalue weighted by molar-refractivity contribution is 6.04. The number of Topliss-reactive ketones (excluding diaryl/α,β-unsaturated/α-hetero) is 1. The molecule has 2 heterocycles. The molecule has 0 radical (unpaired) electrons. The first-order valence-corrected chi connectivity index (χ1v) is 11.7. The summed E-state index contributed by atoms with van der Waals surface area (Å²) in [6.07, 6.45) is -3.88. The third-order valence-electron chi connectivity index (χ3n) is 6.66. The number of rotatable bonds is 6. The zero-order chi connectivity index (χ0) is 25.5. The number of ether oxygens (including phenoxy) is 2. The Morgan fingerprint density at radius 1 is 1.06 bits per heavy atom. The second-order valence-electron chi connectivity index (χ2n) is 9.99. The molecule has 0 bridgehead atoms. The molecule has 0 spiro atoms. The van der Waals surface area contributed by atoms with Crippen molar-refractivity contribution in [1.82, 2.24) is 9.88 Å². The van der Waals surface area contributed by atoms with Crippen LogP contribution in [0.5, 0.6) is 11.5 Å². The molecule has 0 amide bonds. The molecular weight excluding hydrogens is 457 g/mol. The van der Waals surface area contributed by atoms with Gasteiger partial charge in [0.1, 0.15) is 0 Å². The molecule has 1 fully saturated rings. The number of H-pyrrole nitrogens is 1. The average Bonchev–Trinajstić information content (AvgIpc) is 3.42. The number of hydrogen-bond acceptors (Lipinski definition) is 4. The van der Waals surface area contributed by atoms with Gasteiger partial charge in [-0.15, -0.1) is 0 Å². The molecule has 8 heteroatoms. The lowest BCUT2D eigenvalue weighted by atomic mass is 9.95. The van der Waals surface area contributed by atoms with Gasteiger partial charge in [-0.3, -0.25) is 9.69 Å². The molecule has 1 N–H and O–H groups in total. The van der Waals surface area contributed by atoms with Crippen molar-refractivity contribution in [3.8, 4) is 22.8 Å². The minimum absolute atomic E-state index is 0.0499. The van der Waals surface area contributed by atoms with E-state index in [2.05, 4.69) is 30.7 Å². The van der Waals surface area contributed by atoms with Crippen molar-refractivity contribution in [2.24, 2.45) is 0 Å². The van der Waals surface area contributed by atoms with E-state index in [9.17, 15) is 18.0 Å². The number of ketones is 1. The van der Waals surface area contributed by atoms with Crippen LogP contribution in [0.2, 0.25) is 0 Å². The minimum atomic E-state index is -4.42. The molecule has 35 heavy (non-hydrogen) atoms. The number of alkyl halides is 3. The normalized spacial score (nSPS) is 17.2. The summed E-state index contributed by atoms with van der Waals surface area (Å²) in [5, 5.41) is 0.401. The maximum absolute atomic E-state index is 13.7. The Hall–Kier alpha value is -3.00. The van der Waals surface area contributed by atoms with Crippen molar-refractivity contribution >= 4 is 16.7 Å². The average molecular weight is 489 g/mol. The van der Waals surface area contributed by atoms with Crippen LogP contribution in [-0.4, -0.2) is 54.2 Å². The molecule has 0 saturated carbocycles.